The van der Waals surface area contributed by atoms with Gasteiger partial charge in [-0.15, -0.1) is 0 Å². The summed E-state index contributed by atoms with van der Waals surface area (Å²) < 4.78 is 7.45. The van der Waals surface area contributed by atoms with Crippen LogP contribution in [0.5, 0.6) is 5.75 Å². The molecule has 27 heavy (non-hydrogen) atoms. The van der Waals surface area contributed by atoms with E-state index in [4.69, 9.17) is 4.74 Å². The van der Waals surface area contributed by atoms with Gasteiger partial charge >= 0.3 is 0 Å². The molecule has 1 aliphatic rings. The fraction of sp³-hybridized carbons (Fsp3) is 0.240. The zero-order valence-electron chi connectivity index (χ0n) is 16.9. The van der Waals surface area contributed by atoms with Gasteiger partial charge in [0.15, 0.2) is 5.71 Å². The zero-order valence-corrected chi connectivity index (χ0v) is 16.9. The number of hydrogen-bond donors (Lipinski definition) is 0. The van der Waals surface area contributed by atoms with Crippen LogP contribution in [0.25, 0.3) is 5.57 Å². The van der Waals surface area contributed by atoms with Crippen LogP contribution in [0, 0.1) is 0 Å². The summed E-state index contributed by atoms with van der Waals surface area (Å²) in [7, 11) is 5.83. The molecule has 0 heterocycles. The lowest BCUT2D eigenvalue weighted by molar-refractivity contribution is -0.462. The van der Waals surface area contributed by atoms with Crippen LogP contribution in [0.3, 0.4) is 0 Å². The molecular formula is C25H28NO+. The fourth-order valence-electron chi connectivity index (χ4n) is 3.22. The summed E-state index contributed by atoms with van der Waals surface area (Å²) in [6.45, 7) is 4.45. The SMILES string of the molecule is COc1ccc(C(=C2C=CC(=[N+](C)C)C=C2)c2ccc(C(C)C)cc2)cc1. The highest BCUT2D eigenvalue weighted by Crippen LogP contribution is 2.31. The summed E-state index contributed by atoms with van der Waals surface area (Å²) in [5, 5.41) is 0. The number of rotatable bonds is 4. The lowest BCUT2D eigenvalue weighted by Gasteiger charge is -2.15. The third-order valence-electron chi connectivity index (χ3n) is 4.92. The second-order valence-corrected chi connectivity index (χ2v) is 7.32. The molecule has 3 rings (SSSR count). The van der Waals surface area contributed by atoms with Crippen LogP contribution in [-0.4, -0.2) is 31.5 Å². The molecule has 2 aromatic carbocycles. The summed E-state index contributed by atoms with van der Waals surface area (Å²) in [5.41, 5.74) is 7.41. The van der Waals surface area contributed by atoms with E-state index in [1.807, 2.05) is 12.1 Å². The third-order valence-corrected chi connectivity index (χ3v) is 4.92. The van der Waals surface area contributed by atoms with Gasteiger partial charge in [-0.3, -0.25) is 0 Å². The van der Waals surface area contributed by atoms with Crippen LogP contribution in [0.15, 0.2) is 78.4 Å². The first-order valence-corrected chi connectivity index (χ1v) is 9.39. The Balaban J connectivity index is 2.12. The van der Waals surface area contributed by atoms with E-state index in [1.54, 1.807) is 7.11 Å². The van der Waals surface area contributed by atoms with Crippen molar-refractivity contribution in [2.75, 3.05) is 21.2 Å². The van der Waals surface area contributed by atoms with Crippen molar-refractivity contribution in [2.24, 2.45) is 0 Å². The number of nitrogens with zero attached hydrogens (tertiary/aromatic N) is 1. The summed E-state index contributed by atoms with van der Waals surface area (Å²) >= 11 is 0. The molecule has 0 fully saturated rings. The lowest BCUT2D eigenvalue weighted by Crippen LogP contribution is -2.10. The van der Waals surface area contributed by atoms with Crippen molar-refractivity contribution in [1.29, 1.82) is 0 Å². The highest BCUT2D eigenvalue weighted by molar-refractivity contribution is 6.03. The standard InChI is InChI=1S/C25H28NO/c1-18(2)19-6-8-20(9-7-19)25(22-12-16-24(27-5)17-13-22)21-10-14-23(15-11-21)26(3)4/h6-18H,1-5H3/q+1. The zero-order chi connectivity index (χ0) is 19.4. The summed E-state index contributed by atoms with van der Waals surface area (Å²) in [6.07, 6.45) is 8.74. The molecule has 0 saturated carbocycles. The number of benzene rings is 2. The second kappa shape index (κ2) is 8.22. The smallest absolute Gasteiger partial charge is 0.199 e. The average molecular weight is 359 g/mol. The first kappa shape index (κ1) is 18.9. The van der Waals surface area contributed by atoms with Gasteiger partial charge < -0.3 is 4.74 Å². The maximum Gasteiger partial charge on any atom is 0.199 e. The van der Waals surface area contributed by atoms with Crippen molar-refractivity contribution in [3.05, 3.63) is 95.1 Å². The molecule has 0 atom stereocenters. The number of allylic oxidation sites excluding steroid dienone is 5. The molecule has 0 radical (unpaired) electrons. The Morgan fingerprint density at radius 3 is 1.74 bits per heavy atom. The second-order valence-electron chi connectivity index (χ2n) is 7.32. The lowest BCUT2D eigenvalue weighted by atomic mass is 9.89. The monoisotopic (exact) mass is 358 g/mol. The summed E-state index contributed by atoms with van der Waals surface area (Å²) in [4.78, 5) is 0. The largest absolute Gasteiger partial charge is 0.497 e. The van der Waals surface area contributed by atoms with Crippen LogP contribution in [0.1, 0.15) is 36.5 Å². The predicted octanol–water partition coefficient (Wildman–Crippen LogP) is 5.46. The maximum atomic E-state index is 5.33. The van der Waals surface area contributed by atoms with Crippen LogP contribution in [0.4, 0.5) is 0 Å². The summed E-state index contributed by atoms with van der Waals surface area (Å²) in [5.74, 6) is 1.40. The van der Waals surface area contributed by atoms with E-state index in [0.717, 1.165) is 5.75 Å². The van der Waals surface area contributed by atoms with Crippen molar-refractivity contribution in [1.82, 2.24) is 0 Å². The first-order chi connectivity index (χ1) is 13.0. The minimum Gasteiger partial charge on any atom is -0.497 e. The molecule has 1 aliphatic carbocycles. The van der Waals surface area contributed by atoms with E-state index in [0.29, 0.717) is 5.92 Å². The van der Waals surface area contributed by atoms with Crippen LogP contribution in [-0.2, 0) is 0 Å². The van der Waals surface area contributed by atoms with Gasteiger partial charge in [-0.05, 0) is 58.0 Å². The molecule has 0 unspecified atom stereocenters. The topological polar surface area (TPSA) is 12.2 Å². The number of methoxy groups -OCH3 is 1. The Morgan fingerprint density at radius 2 is 1.30 bits per heavy atom. The summed E-state index contributed by atoms with van der Waals surface area (Å²) in [6, 6.07) is 17.2. The van der Waals surface area contributed by atoms with E-state index in [-0.39, 0.29) is 0 Å². The molecule has 2 heteroatoms. The van der Waals surface area contributed by atoms with E-state index < -0.39 is 0 Å². The van der Waals surface area contributed by atoms with Gasteiger partial charge in [-0.1, -0.05) is 50.2 Å². The molecule has 2 nitrogen and oxygen atoms in total. The van der Waals surface area contributed by atoms with Gasteiger partial charge in [-0.25, -0.2) is 4.58 Å². The molecular weight excluding hydrogens is 330 g/mol. The van der Waals surface area contributed by atoms with Crippen LogP contribution < -0.4 is 4.74 Å². The molecule has 0 amide bonds. The Labute approximate surface area is 162 Å². The van der Waals surface area contributed by atoms with Gasteiger partial charge in [0.25, 0.3) is 0 Å². The molecule has 0 aliphatic heterocycles. The van der Waals surface area contributed by atoms with Gasteiger partial charge in [-0.2, -0.15) is 0 Å². The Bertz CT molecular complexity index is 901. The van der Waals surface area contributed by atoms with Crippen molar-refractivity contribution < 1.29 is 9.31 Å². The van der Waals surface area contributed by atoms with Crippen LogP contribution >= 0.6 is 0 Å². The third kappa shape index (κ3) is 4.28. The molecule has 138 valence electrons. The van der Waals surface area contributed by atoms with Crippen molar-refractivity contribution in [3.8, 4) is 5.75 Å². The van der Waals surface area contributed by atoms with Crippen molar-refractivity contribution in [3.63, 3.8) is 0 Å². The quantitative estimate of drug-likeness (QED) is 0.661. The predicted molar refractivity (Wildman–Crippen MR) is 115 cm³/mol. The van der Waals surface area contributed by atoms with Gasteiger partial charge in [0.05, 0.1) is 7.11 Å². The molecule has 0 N–H and O–H groups in total. The van der Waals surface area contributed by atoms with E-state index >= 15 is 0 Å². The average Bonchev–Trinajstić information content (AvgIpc) is 2.69. The number of hydrogen-bond acceptors (Lipinski definition) is 1. The molecule has 0 spiro atoms. The normalized spacial score (nSPS) is 13.3. The van der Waals surface area contributed by atoms with E-state index in [1.165, 1.54) is 33.5 Å². The van der Waals surface area contributed by atoms with Gasteiger partial charge in [0.2, 0.25) is 0 Å². The molecule has 0 bridgehead atoms. The van der Waals surface area contributed by atoms with E-state index in [2.05, 4.69) is 93.2 Å². The number of ether oxygens (including phenoxy) is 1. The minimum absolute atomic E-state index is 0.530. The minimum atomic E-state index is 0.530. The highest BCUT2D eigenvalue weighted by atomic mass is 16.5. The Kier molecular flexibility index (Phi) is 5.75. The molecule has 2 aromatic rings. The highest BCUT2D eigenvalue weighted by Gasteiger charge is 2.13. The van der Waals surface area contributed by atoms with E-state index in [9.17, 15) is 0 Å². The maximum absolute atomic E-state index is 5.33. The Morgan fingerprint density at radius 1 is 0.778 bits per heavy atom. The fourth-order valence-corrected chi connectivity index (χ4v) is 3.22. The molecule has 0 saturated heterocycles. The van der Waals surface area contributed by atoms with Crippen molar-refractivity contribution in [2.45, 2.75) is 19.8 Å². The van der Waals surface area contributed by atoms with Crippen LogP contribution in [0.2, 0.25) is 0 Å². The molecule has 0 aromatic heterocycles. The van der Waals surface area contributed by atoms with Crippen molar-refractivity contribution >= 4 is 11.3 Å². The van der Waals surface area contributed by atoms with Gasteiger partial charge in [0, 0.05) is 12.2 Å². The Hall–Kier alpha value is -2.87. The van der Waals surface area contributed by atoms with Gasteiger partial charge in [0.1, 0.15) is 19.8 Å². The first-order valence-electron chi connectivity index (χ1n) is 9.39.